The molecule has 4 nitrogen and oxygen atoms in total. The van der Waals surface area contributed by atoms with E-state index in [2.05, 4.69) is 9.93 Å². The second-order valence-corrected chi connectivity index (χ2v) is 4.60. The number of nitrogens with one attached hydrogen (secondary N) is 1. The van der Waals surface area contributed by atoms with Gasteiger partial charge < -0.3 is 0 Å². The summed E-state index contributed by atoms with van der Waals surface area (Å²) in [5.74, 6) is -0.323. The van der Waals surface area contributed by atoms with Crippen LogP contribution >= 0.6 is 47.1 Å². The van der Waals surface area contributed by atoms with Gasteiger partial charge in [-0.15, -0.1) is 23.7 Å². The molecule has 0 bridgehead atoms. The van der Waals surface area contributed by atoms with Crippen molar-refractivity contribution in [2.45, 2.75) is 0 Å². The Morgan fingerprint density at radius 1 is 1.59 bits per heavy atom. The number of thiophene rings is 1. The van der Waals surface area contributed by atoms with E-state index in [1.165, 1.54) is 11.3 Å². The Morgan fingerprint density at radius 2 is 2.29 bits per heavy atom. The molecule has 0 saturated carbocycles. The molecule has 2 aromatic heterocycles. The predicted octanol–water partition coefficient (Wildman–Crippen LogP) is 3.11. The van der Waals surface area contributed by atoms with E-state index < -0.39 is 0 Å². The Balaban J connectivity index is 0.00000144. The molecule has 0 atom stereocenters. The molecule has 0 unspecified atom stereocenters. The molecule has 2 rings (SSSR count). The number of halogens is 3. The molecule has 92 valence electrons. The summed E-state index contributed by atoms with van der Waals surface area (Å²) in [6.45, 7) is 0. The van der Waals surface area contributed by atoms with Crippen molar-refractivity contribution >= 4 is 53.0 Å². The van der Waals surface area contributed by atoms with Gasteiger partial charge in [-0.25, -0.2) is 0 Å². The van der Waals surface area contributed by atoms with Crippen LogP contribution < -0.4 is 4.84 Å². The van der Waals surface area contributed by atoms with Crippen molar-refractivity contribution in [2.75, 3.05) is 0 Å². The summed E-state index contributed by atoms with van der Waals surface area (Å²) in [6, 6.07) is 1.73. The van der Waals surface area contributed by atoms with Crippen LogP contribution in [0.25, 0.3) is 11.3 Å². The van der Waals surface area contributed by atoms with Crippen molar-refractivity contribution in [2.24, 2.45) is 7.05 Å². The fourth-order valence-corrected chi connectivity index (χ4v) is 2.58. The van der Waals surface area contributed by atoms with Gasteiger partial charge in [-0.1, -0.05) is 11.6 Å². The number of rotatable bonds is 2. The highest BCUT2D eigenvalue weighted by atomic mass is 35.5. The van der Waals surface area contributed by atoms with Crippen molar-refractivity contribution in [1.29, 1.82) is 0 Å². The molecule has 1 N–H and O–H groups in total. The Kier molecular flexibility index (Phi) is 4.82. The second-order valence-electron chi connectivity index (χ2n) is 3.09. The monoisotopic (exact) mass is 311 g/mol. The van der Waals surface area contributed by atoms with Gasteiger partial charge in [-0.3, -0.25) is 14.3 Å². The molecule has 2 aromatic rings. The van der Waals surface area contributed by atoms with Crippen molar-refractivity contribution in [3.63, 3.8) is 0 Å². The van der Waals surface area contributed by atoms with Crippen LogP contribution in [0.15, 0.2) is 17.6 Å². The zero-order valence-corrected chi connectivity index (χ0v) is 11.8. The van der Waals surface area contributed by atoms with E-state index in [9.17, 15) is 4.79 Å². The molecular weight excluding hydrogens is 305 g/mol. The maximum Gasteiger partial charge on any atom is 0.275 e. The zero-order chi connectivity index (χ0) is 11.7. The van der Waals surface area contributed by atoms with Gasteiger partial charge in [0.15, 0.2) is 0 Å². The van der Waals surface area contributed by atoms with Crippen LogP contribution in [0, 0.1) is 0 Å². The first-order valence-corrected chi connectivity index (χ1v) is 5.94. The van der Waals surface area contributed by atoms with Crippen LogP contribution in [0.1, 0.15) is 9.67 Å². The number of hydrogen-bond acceptors (Lipinski definition) is 3. The van der Waals surface area contributed by atoms with Crippen molar-refractivity contribution < 1.29 is 4.79 Å². The number of amides is 1. The van der Waals surface area contributed by atoms with Gasteiger partial charge in [0.25, 0.3) is 5.91 Å². The van der Waals surface area contributed by atoms with Gasteiger partial charge in [0.1, 0.15) is 0 Å². The average Bonchev–Trinajstić information content (AvgIpc) is 2.85. The van der Waals surface area contributed by atoms with Crippen LogP contribution in [-0.4, -0.2) is 15.7 Å². The molecule has 17 heavy (non-hydrogen) atoms. The first-order chi connectivity index (χ1) is 7.63. The number of aryl methyl sites for hydroxylation is 1. The molecule has 8 heteroatoms. The maximum atomic E-state index is 11.3. The van der Waals surface area contributed by atoms with E-state index in [0.717, 1.165) is 11.3 Å². The fraction of sp³-hybridized carbons (Fsp3) is 0.111. The van der Waals surface area contributed by atoms with Gasteiger partial charge >= 0.3 is 0 Å². The highest BCUT2D eigenvalue weighted by Crippen LogP contribution is 2.30. The summed E-state index contributed by atoms with van der Waals surface area (Å²) in [5.41, 5.74) is 1.64. The Morgan fingerprint density at radius 3 is 2.82 bits per heavy atom. The van der Waals surface area contributed by atoms with Crippen LogP contribution in [0.5, 0.6) is 0 Å². The minimum absolute atomic E-state index is 0. The van der Waals surface area contributed by atoms with E-state index in [0.29, 0.717) is 9.90 Å². The van der Waals surface area contributed by atoms with Gasteiger partial charge in [0.2, 0.25) is 0 Å². The number of nitrogens with zero attached hydrogens (tertiary/aromatic N) is 2. The summed E-state index contributed by atoms with van der Waals surface area (Å²) in [6.07, 6.45) is 1.57. The maximum absolute atomic E-state index is 11.3. The first kappa shape index (κ1) is 14.3. The molecular formula is C9H8Cl3N3OS. The van der Waals surface area contributed by atoms with Gasteiger partial charge in [0.05, 0.1) is 21.8 Å². The third kappa shape index (κ3) is 2.74. The topological polar surface area (TPSA) is 46.9 Å². The lowest BCUT2D eigenvalue weighted by molar-refractivity contribution is 0.0986. The van der Waals surface area contributed by atoms with E-state index in [-0.39, 0.29) is 18.3 Å². The summed E-state index contributed by atoms with van der Waals surface area (Å²) < 4.78 is 1.66. The second kappa shape index (κ2) is 5.73. The largest absolute Gasteiger partial charge is 0.275 e. The molecule has 0 radical (unpaired) electrons. The van der Waals surface area contributed by atoms with Crippen LogP contribution in [0.2, 0.25) is 5.02 Å². The number of carbonyl (C=O) groups excluding carboxylic acids is 1. The zero-order valence-electron chi connectivity index (χ0n) is 8.61. The normalized spacial score (nSPS) is 9.82. The minimum Gasteiger partial charge on any atom is -0.267 e. The lowest BCUT2D eigenvalue weighted by atomic mass is 10.2. The summed E-state index contributed by atoms with van der Waals surface area (Å²) in [7, 11) is 1.79. The molecule has 0 spiro atoms. The first-order valence-electron chi connectivity index (χ1n) is 4.31. The molecule has 0 aliphatic rings. The van der Waals surface area contributed by atoms with Gasteiger partial charge in [-0.2, -0.15) is 5.10 Å². The summed E-state index contributed by atoms with van der Waals surface area (Å²) >= 11 is 12.5. The SMILES string of the molecule is Cl.Cn1ncc(Cl)c1-c1csc(C(=O)NCl)c1. The highest BCUT2D eigenvalue weighted by Gasteiger charge is 2.14. The van der Waals surface area contributed by atoms with Crippen LogP contribution in [-0.2, 0) is 7.05 Å². The molecule has 0 aliphatic heterocycles. The molecule has 0 aliphatic carbocycles. The van der Waals surface area contributed by atoms with Gasteiger partial charge in [0, 0.05) is 29.8 Å². The van der Waals surface area contributed by atoms with E-state index in [1.54, 1.807) is 24.0 Å². The third-order valence-corrected chi connectivity index (χ3v) is 3.45. The Bertz CT molecular complexity index is 518. The lowest BCUT2D eigenvalue weighted by Crippen LogP contribution is -2.09. The van der Waals surface area contributed by atoms with Crippen molar-refractivity contribution in [3.8, 4) is 11.3 Å². The number of hydrogen-bond donors (Lipinski definition) is 1. The summed E-state index contributed by atoms with van der Waals surface area (Å²) in [5, 5.41) is 6.42. The minimum atomic E-state index is -0.323. The number of carbonyl (C=O) groups is 1. The van der Waals surface area contributed by atoms with E-state index in [1.807, 2.05) is 5.38 Å². The van der Waals surface area contributed by atoms with E-state index >= 15 is 0 Å². The molecule has 0 aromatic carbocycles. The van der Waals surface area contributed by atoms with Crippen molar-refractivity contribution in [1.82, 2.24) is 14.6 Å². The van der Waals surface area contributed by atoms with Crippen molar-refractivity contribution in [3.05, 3.63) is 27.5 Å². The Hall–Kier alpha value is -0.750. The highest BCUT2D eigenvalue weighted by molar-refractivity contribution is 7.12. The lowest BCUT2D eigenvalue weighted by Gasteiger charge is -1.98. The number of aromatic nitrogens is 2. The molecule has 0 fully saturated rings. The quantitative estimate of drug-likeness (QED) is 0.866. The van der Waals surface area contributed by atoms with Gasteiger partial charge in [-0.05, 0) is 6.07 Å². The molecule has 2 heterocycles. The predicted molar refractivity (Wildman–Crippen MR) is 72.1 cm³/mol. The third-order valence-electron chi connectivity index (χ3n) is 2.08. The summed E-state index contributed by atoms with van der Waals surface area (Å²) in [4.78, 5) is 13.9. The standard InChI is InChI=1S/C9H7Cl2N3OS.ClH/c1-14-8(6(10)3-12-14)5-2-7(16-4-5)9(15)13-11;/h2-4H,1H3,(H,13,15);1H. The van der Waals surface area contributed by atoms with E-state index in [4.69, 9.17) is 23.4 Å². The molecule has 0 saturated heterocycles. The smallest absolute Gasteiger partial charge is 0.267 e. The molecule has 1 amide bonds. The van der Waals surface area contributed by atoms with Crippen LogP contribution in [0.4, 0.5) is 0 Å². The Labute approximate surface area is 118 Å². The average molecular weight is 313 g/mol. The van der Waals surface area contributed by atoms with Crippen LogP contribution in [0.3, 0.4) is 0 Å². The fourth-order valence-electron chi connectivity index (χ4n) is 1.36.